The molecule has 92 heavy (non-hydrogen) atoms. The monoisotopic (exact) mass is 1200 g/mol. The van der Waals surface area contributed by atoms with Gasteiger partial charge in [0.1, 0.15) is 0 Å². The van der Waals surface area contributed by atoms with Gasteiger partial charge in [-0.15, -0.1) is 0 Å². The smallest absolute Gasteiger partial charge is 0.0705 e. The van der Waals surface area contributed by atoms with Crippen molar-refractivity contribution in [1.82, 2.24) is 15.0 Å². The molecule has 0 N–H and O–H groups in total. The Morgan fingerprint density at radius 1 is 0.228 bits per heavy atom. The third kappa shape index (κ3) is 13.6. The number of aromatic nitrogens is 3. The second-order valence-electron chi connectivity index (χ2n) is 31.4. The van der Waals surface area contributed by atoms with E-state index in [1.54, 1.807) is 0 Å². The summed E-state index contributed by atoms with van der Waals surface area (Å²) in [6.45, 7) is 34.6. The third-order valence-corrected chi connectivity index (χ3v) is 19.6. The maximum absolute atomic E-state index is 5.02. The zero-order valence-electron chi connectivity index (χ0n) is 57.2. The summed E-state index contributed by atoms with van der Waals surface area (Å²) in [7, 11) is 0. The molecule has 8 aromatic carbocycles. The maximum Gasteiger partial charge on any atom is 0.0705 e. The lowest BCUT2D eigenvalue weighted by Crippen LogP contribution is -2.22. The lowest BCUT2D eigenvalue weighted by Gasteiger charge is -2.39. The predicted octanol–water partition coefficient (Wildman–Crippen LogP) is 24.5. The van der Waals surface area contributed by atoms with E-state index in [1.165, 1.54) is 100 Å². The molecule has 464 valence electrons. The van der Waals surface area contributed by atoms with Crippen molar-refractivity contribution < 1.29 is 0 Å². The molecule has 3 heterocycles. The average molecular weight is 1200 g/mol. The Bertz CT molecular complexity index is 4220. The van der Waals surface area contributed by atoms with E-state index in [2.05, 4.69) is 322 Å². The first-order chi connectivity index (χ1) is 43.7. The number of nitrogens with zero attached hydrogens (tertiary/aromatic N) is 3. The Kier molecular flexibility index (Phi) is 17.2. The van der Waals surface area contributed by atoms with Crippen molar-refractivity contribution >= 4 is 0 Å². The molecule has 11 aromatic rings. The molecule has 0 saturated heterocycles. The molecule has 0 radical (unpaired) electrons. The van der Waals surface area contributed by atoms with Crippen molar-refractivity contribution in [3.8, 4) is 89.4 Å². The Labute approximate surface area is 550 Å². The van der Waals surface area contributed by atoms with E-state index in [9.17, 15) is 0 Å². The van der Waals surface area contributed by atoms with Gasteiger partial charge in [0, 0.05) is 35.3 Å². The number of hydrogen-bond donors (Lipinski definition) is 0. The molecule has 1 fully saturated rings. The third-order valence-electron chi connectivity index (χ3n) is 19.6. The number of rotatable bonds is 11. The van der Waals surface area contributed by atoms with Crippen LogP contribution in [0.1, 0.15) is 185 Å². The zero-order valence-corrected chi connectivity index (χ0v) is 57.2. The van der Waals surface area contributed by atoms with Crippen molar-refractivity contribution in [1.29, 1.82) is 0 Å². The van der Waals surface area contributed by atoms with Crippen molar-refractivity contribution in [2.75, 3.05) is 0 Å². The molecule has 0 aliphatic heterocycles. The molecule has 2 unspecified atom stereocenters. The van der Waals surface area contributed by atoms with Crippen LogP contribution in [0.2, 0.25) is 0 Å². The molecular weight excluding hydrogens is 1110 g/mol. The minimum Gasteiger partial charge on any atom is -0.256 e. The highest BCUT2D eigenvalue weighted by atomic mass is 14.7. The second-order valence-corrected chi connectivity index (χ2v) is 31.4. The molecule has 3 aromatic heterocycles. The first-order valence-electron chi connectivity index (χ1n) is 33.5. The molecule has 1 aliphatic rings. The van der Waals surface area contributed by atoms with Crippen molar-refractivity contribution in [3.05, 3.63) is 281 Å². The Balaban J connectivity index is 1.06. The lowest BCUT2D eigenvalue weighted by atomic mass is 9.65. The highest BCUT2D eigenvalue weighted by molar-refractivity contribution is 5.90. The Morgan fingerprint density at radius 3 is 0.913 bits per heavy atom. The minimum absolute atomic E-state index is 0.0130. The summed E-state index contributed by atoms with van der Waals surface area (Å²) in [5.41, 5.74) is 29.4. The summed E-state index contributed by atoms with van der Waals surface area (Å²) < 4.78 is 0. The van der Waals surface area contributed by atoms with E-state index in [4.69, 9.17) is 15.0 Å². The van der Waals surface area contributed by atoms with Crippen LogP contribution in [0.15, 0.2) is 237 Å². The van der Waals surface area contributed by atoms with E-state index in [-0.39, 0.29) is 44.8 Å². The van der Waals surface area contributed by atoms with Crippen LogP contribution in [-0.2, 0) is 27.1 Å². The van der Waals surface area contributed by atoms with E-state index in [0.717, 1.165) is 53.0 Å². The van der Waals surface area contributed by atoms with Crippen molar-refractivity contribution in [2.45, 2.75) is 168 Å². The van der Waals surface area contributed by atoms with Gasteiger partial charge in [-0.1, -0.05) is 274 Å². The van der Waals surface area contributed by atoms with Gasteiger partial charge in [0.05, 0.1) is 17.1 Å². The van der Waals surface area contributed by atoms with Gasteiger partial charge in [-0.05, 0) is 213 Å². The molecule has 3 heteroatoms. The first-order valence-corrected chi connectivity index (χ1v) is 33.5. The average Bonchev–Trinajstić information content (AvgIpc) is 0.785. The Morgan fingerprint density at radius 2 is 0.533 bits per heavy atom. The second kappa shape index (κ2) is 25.0. The topological polar surface area (TPSA) is 38.7 Å². The molecule has 0 bridgehead atoms. The van der Waals surface area contributed by atoms with Crippen molar-refractivity contribution in [2.24, 2.45) is 0 Å². The van der Waals surface area contributed by atoms with Crippen LogP contribution >= 0.6 is 0 Å². The van der Waals surface area contributed by atoms with Gasteiger partial charge in [0.25, 0.3) is 0 Å². The van der Waals surface area contributed by atoms with Crippen LogP contribution in [0.4, 0.5) is 0 Å². The molecule has 2 atom stereocenters. The molecule has 0 spiro atoms. The van der Waals surface area contributed by atoms with Crippen LogP contribution in [0.3, 0.4) is 0 Å². The lowest BCUT2D eigenvalue weighted by molar-refractivity contribution is 0.352. The Hall–Kier alpha value is -8.79. The van der Waals surface area contributed by atoms with E-state index >= 15 is 0 Å². The van der Waals surface area contributed by atoms with Crippen LogP contribution in [-0.4, -0.2) is 15.0 Å². The number of pyridine rings is 3. The van der Waals surface area contributed by atoms with Crippen LogP contribution in [0.5, 0.6) is 0 Å². The van der Waals surface area contributed by atoms with Gasteiger partial charge in [0.2, 0.25) is 0 Å². The largest absolute Gasteiger partial charge is 0.256 e. The SMILES string of the molecule is CC(C)(C)c1ccnc(-c2ccc(-c3ccccc3C3CC(c4ccc(C(C)(C)C)cc4-c4ccc(-c5cc(C(C)(C)C)ccn5)cc4-c4ccccc4)CC(c4ccc(C(C)(C)C)cc4-c4ccc(-c5cc(C(C)(C)C)ccn5)cc4-c4ccccc4)C3)cc2)c1. The van der Waals surface area contributed by atoms with E-state index in [1.807, 2.05) is 18.6 Å². The van der Waals surface area contributed by atoms with Gasteiger partial charge in [-0.2, -0.15) is 0 Å². The van der Waals surface area contributed by atoms with Gasteiger partial charge < -0.3 is 0 Å². The molecule has 1 saturated carbocycles. The quantitative estimate of drug-likeness (QED) is 0.130. The van der Waals surface area contributed by atoms with E-state index < -0.39 is 0 Å². The molecule has 1 aliphatic carbocycles. The fraction of sp³-hybridized carbons (Fsp3) is 0.292. The highest BCUT2D eigenvalue weighted by Crippen LogP contribution is 2.55. The summed E-state index contributed by atoms with van der Waals surface area (Å²) in [5, 5.41) is 0. The summed E-state index contributed by atoms with van der Waals surface area (Å²) in [5.74, 6) is 0.611. The first kappa shape index (κ1) is 63.4. The molecule has 12 rings (SSSR count). The summed E-state index contributed by atoms with van der Waals surface area (Å²) in [6, 6.07) is 83.3. The molecular formula is C89H93N3. The van der Waals surface area contributed by atoms with Crippen molar-refractivity contribution in [3.63, 3.8) is 0 Å². The zero-order chi connectivity index (χ0) is 64.9. The van der Waals surface area contributed by atoms with Gasteiger partial charge >= 0.3 is 0 Å². The predicted molar refractivity (Wildman–Crippen MR) is 392 cm³/mol. The fourth-order valence-corrected chi connectivity index (χ4v) is 14.0. The number of benzene rings is 8. The minimum atomic E-state index is -0.0871. The normalized spacial score (nSPS) is 15.8. The van der Waals surface area contributed by atoms with Gasteiger partial charge in [-0.3, -0.25) is 15.0 Å². The maximum atomic E-state index is 5.02. The van der Waals surface area contributed by atoms with Crippen LogP contribution < -0.4 is 0 Å². The van der Waals surface area contributed by atoms with E-state index in [0.29, 0.717) is 0 Å². The highest BCUT2D eigenvalue weighted by Gasteiger charge is 2.37. The molecule has 0 amide bonds. The summed E-state index contributed by atoms with van der Waals surface area (Å²) in [6.07, 6.45) is 8.91. The van der Waals surface area contributed by atoms with Gasteiger partial charge in [0.15, 0.2) is 0 Å². The summed E-state index contributed by atoms with van der Waals surface area (Å²) in [4.78, 5) is 14.9. The fourth-order valence-electron chi connectivity index (χ4n) is 14.0. The number of hydrogen-bond acceptors (Lipinski definition) is 3. The van der Waals surface area contributed by atoms with Gasteiger partial charge in [-0.25, -0.2) is 0 Å². The van der Waals surface area contributed by atoms with Crippen LogP contribution in [0.25, 0.3) is 89.4 Å². The standard InChI is InChI=1S/C89H93N3/c1-85(2,3)67-36-40-74(80(53-67)76-38-34-62(51-78(76)58-24-18-16-19-25-58)83-56-70(43-46-91-83)88(10,11)12)65-48-64(73-29-23-22-28-72(73)60-30-32-61(33-31-60)82-55-69(42-45-90-82)87(7,8)9)49-66(50-65)75-41-37-68(86(4,5)6)54-81(75)77-39-35-63(52-79(77)59-26-20-17-21-27-59)84-57-71(44-47-92-84)89(13,14)15/h16-47,51-57,64-66H,48-50H2,1-15H3. The van der Waals surface area contributed by atoms with Crippen LogP contribution in [0, 0.1) is 0 Å². The molecule has 3 nitrogen and oxygen atoms in total. The summed E-state index contributed by atoms with van der Waals surface area (Å²) >= 11 is 0.